The van der Waals surface area contributed by atoms with Gasteiger partial charge in [0.1, 0.15) is 18.0 Å². The summed E-state index contributed by atoms with van der Waals surface area (Å²) in [5.74, 6) is 0.380. The van der Waals surface area contributed by atoms with Crippen LogP contribution in [0, 0.1) is 0 Å². The molecule has 0 aromatic carbocycles. The maximum atomic E-state index is 11.2. The molecule has 0 radical (unpaired) electrons. The number of carboxylic acid groups (broad SMARTS) is 1. The first-order chi connectivity index (χ1) is 12.3. The molecule has 0 spiro atoms. The molecule has 26 heavy (non-hydrogen) atoms. The second-order valence-corrected chi connectivity index (χ2v) is 14.0. The van der Waals surface area contributed by atoms with Gasteiger partial charge in [-0.2, -0.15) is 0 Å². The van der Waals surface area contributed by atoms with E-state index in [0.29, 0.717) is 40.9 Å². The van der Waals surface area contributed by atoms with Crippen molar-refractivity contribution in [2.45, 2.75) is 32.4 Å². The van der Waals surface area contributed by atoms with E-state index in [-0.39, 0.29) is 0 Å². The number of carbonyl (C=O) groups is 1. The van der Waals surface area contributed by atoms with Gasteiger partial charge >= 0.3 is 5.97 Å². The van der Waals surface area contributed by atoms with Gasteiger partial charge in [0.2, 0.25) is 0 Å². The second-order valence-electron chi connectivity index (χ2n) is 7.27. The van der Waals surface area contributed by atoms with Crippen molar-refractivity contribution in [1.29, 1.82) is 0 Å². The monoisotopic (exact) mass is 393 g/mol. The van der Waals surface area contributed by atoms with Crippen LogP contribution in [0.5, 0.6) is 0 Å². The van der Waals surface area contributed by atoms with Crippen molar-refractivity contribution < 1.29 is 14.6 Å². The minimum absolute atomic E-state index is 0.303. The van der Waals surface area contributed by atoms with Crippen molar-refractivity contribution in [2.24, 2.45) is 0 Å². The summed E-state index contributed by atoms with van der Waals surface area (Å²) in [4.78, 5) is 26.4. The molecule has 2 aromatic rings. The summed E-state index contributed by atoms with van der Waals surface area (Å²) in [7, 11) is -1.12. The number of hydrogen-bond donors (Lipinski definition) is 1. The molecule has 3 heterocycles. The third kappa shape index (κ3) is 4.43. The summed E-state index contributed by atoms with van der Waals surface area (Å²) >= 11 is 1.33. The Morgan fingerprint density at radius 2 is 2.15 bits per heavy atom. The molecule has 1 aliphatic rings. The molecule has 2 aromatic heterocycles. The molecule has 1 aliphatic heterocycles. The topological polar surface area (TPSA) is 93.4 Å². The van der Waals surface area contributed by atoms with E-state index >= 15 is 0 Å². The van der Waals surface area contributed by atoms with Crippen LogP contribution in [0.3, 0.4) is 0 Å². The summed E-state index contributed by atoms with van der Waals surface area (Å²) < 4.78 is 7.64. The number of anilines is 1. The molecule has 140 valence electrons. The largest absolute Gasteiger partial charge is 0.477 e. The number of imidazole rings is 1. The van der Waals surface area contributed by atoms with Crippen molar-refractivity contribution in [1.82, 2.24) is 19.5 Å². The second kappa shape index (κ2) is 7.76. The third-order valence-corrected chi connectivity index (χ3v) is 6.64. The van der Waals surface area contributed by atoms with Crippen LogP contribution < -0.4 is 4.90 Å². The highest BCUT2D eigenvalue weighted by molar-refractivity contribution is 8.04. The van der Waals surface area contributed by atoms with Crippen LogP contribution in [0.15, 0.2) is 23.8 Å². The number of thioether (sulfide) groups is 1. The van der Waals surface area contributed by atoms with Crippen LogP contribution in [0.1, 0.15) is 0 Å². The van der Waals surface area contributed by atoms with Crippen LogP contribution in [-0.4, -0.2) is 57.6 Å². The maximum Gasteiger partial charge on any atom is 0.343 e. The Bertz CT molecular complexity index is 833. The van der Waals surface area contributed by atoms with Crippen molar-refractivity contribution in [3.8, 4) is 0 Å². The van der Waals surface area contributed by atoms with Gasteiger partial charge in [-0.25, -0.2) is 19.7 Å². The Hall–Kier alpha value is -1.91. The lowest BCUT2D eigenvalue weighted by Crippen LogP contribution is -2.26. The van der Waals surface area contributed by atoms with E-state index in [9.17, 15) is 9.90 Å². The fourth-order valence-corrected chi connectivity index (χ4v) is 4.09. The zero-order chi connectivity index (χ0) is 18.7. The molecule has 0 fully saturated rings. The smallest absolute Gasteiger partial charge is 0.343 e. The highest BCUT2D eigenvalue weighted by Crippen LogP contribution is 2.28. The third-order valence-electron chi connectivity index (χ3n) is 3.95. The van der Waals surface area contributed by atoms with Crippen LogP contribution in [0.4, 0.5) is 5.82 Å². The van der Waals surface area contributed by atoms with E-state index in [4.69, 9.17) is 4.74 Å². The lowest BCUT2D eigenvalue weighted by atomic mass is 10.4. The van der Waals surface area contributed by atoms with Gasteiger partial charge in [0.05, 0.1) is 6.33 Å². The van der Waals surface area contributed by atoms with Crippen LogP contribution in [0.25, 0.3) is 11.2 Å². The summed E-state index contributed by atoms with van der Waals surface area (Å²) in [6, 6.07) is 1.11. The van der Waals surface area contributed by atoms with E-state index < -0.39 is 14.0 Å². The lowest BCUT2D eigenvalue weighted by Gasteiger charge is -2.24. The van der Waals surface area contributed by atoms with Crippen molar-refractivity contribution >= 4 is 42.8 Å². The number of carboxylic acids is 1. The summed E-state index contributed by atoms with van der Waals surface area (Å²) in [5, 5.41) is 9.22. The van der Waals surface area contributed by atoms with Gasteiger partial charge in [-0.3, -0.25) is 4.57 Å². The Labute approximate surface area is 157 Å². The first kappa shape index (κ1) is 18.9. The van der Waals surface area contributed by atoms with Crippen molar-refractivity contribution in [3.63, 3.8) is 0 Å². The summed E-state index contributed by atoms with van der Waals surface area (Å²) in [6.07, 6.45) is 4.79. The van der Waals surface area contributed by atoms with E-state index in [1.165, 1.54) is 18.1 Å². The average molecular weight is 394 g/mol. The molecule has 0 saturated carbocycles. The van der Waals surface area contributed by atoms with Gasteiger partial charge < -0.3 is 14.7 Å². The fourth-order valence-electron chi connectivity index (χ4n) is 2.50. The molecule has 0 atom stereocenters. The molecule has 0 bridgehead atoms. The molecule has 0 unspecified atom stereocenters. The maximum absolute atomic E-state index is 11.2. The van der Waals surface area contributed by atoms with E-state index in [0.717, 1.165) is 12.7 Å². The minimum Gasteiger partial charge on any atom is -0.477 e. The fraction of sp³-hybridized carbons (Fsp3) is 0.500. The molecule has 3 rings (SSSR count). The van der Waals surface area contributed by atoms with Crippen LogP contribution in [0.2, 0.25) is 25.7 Å². The van der Waals surface area contributed by atoms with E-state index in [1.54, 1.807) is 12.5 Å². The lowest BCUT2D eigenvalue weighted by molar-refractivity contribution is -0.131. The normalized spacial score (nSPS) is 15.3. The zero-order valence-corrected chi connectivity index (χ0v) is 17.0. The highest BCUT2D eigenvalue weighted by atomic mass is 32.2. The van der Waals surface area contributed by atoms with Gasteiger partial charge in [0, 0.05) is 33.2 Å². The number of rotatable bonds is 7. The Morgan fingerprint density at radius 1 is 1.35 bits per heavy atom. The van der Waals surface area contributed by atoms with Gasteiger partial charge in [0.15, 0.2) is 17.0 Å². The van der Waals surface area contributed by atoms with Crippen LogP contribution in [-0.2, 0) is 16.3 Å². The Balaban J connectivity index is 1.78. The zero-order valence-electron chi connectivity index (χ0n) is 15.2. The molecule has 0 aliphatic carbocycles. The number of ether oxygens (including phenoxy) is 1. The number of aliphatic carboxylic acids is 1. The van der Waals surface area contributed by atoms with Crippen molar-refractivity contribution in [2.75, 3.05) is 23.8 Å². The molecule has 0 saturated heterocycles. The molecule has 10 heteroatoms. The van der Waals surface area contributed by atoms with E-state index in [2.05, 4.69) is 34.6 Å². The molecular formula is C16H23N5O3SSi. The minimum atomic E-state index is -1.12. The number of hydrogen-bond acceptors (Lipinski definition) is 7. The quantitative estimate of drug-likeness (QED) is 0.567. The van der Waals surface area contributed by atoms with Crippen LogP contribution >= 0.6 is 11.8 Å². The summed E-state index contributed by atoms with van der Waals surface area (Å²) in [6.45, 7) is 8.74. The number of fused-ring (bicyclic) bond motifs is 1. The molecule has 0 amide bonds. The number of nitrogens with zero attached hydrogens (tertiary/aromatic N) is 5. The van der Waals surface area contributed by atoms with E-state index in [1.807, 2.05) is 9.47 Å². The summed E-state index contributed by atoms with van der Waals surface area (Å²) in [5.41, 5.74) is 1.33. The highest BCUT2D eigenvalue weighted by Gasteiger charge is 2.21. The van der Waals surface area contributed by atoms with Gasteiger partial charge in [-0.1, -0.05) is 19.6 Å². The predicted molar refractivity (Wildman–Crippen MR) is 105 cm³/mol. The molecular weight excluding hydrogens is 370 g/mol. The standard InChI is InChI=1S/C16H23N5O3SSi/c1-26(2,3)7-5-24-11-21-10-19-13-14(17-9-18-15(13)21)20-4-6-25-12(8-20)16(22)23/h8-10H,4-7,11H2,1-3H3,(H,22,23). The SMILES string of the molecule is C[Si](C)(C)CCOCn1cnc2c(N3C=C(C(=O)O)SCC3)ncnc21. The first-order valence-corrected chi connectivity index (χ1v) is 13.1. The predicted octanol–water partition coefficient (Wildman–Crippen LogP) is 2.62. The molecule has 1 N–H and O–H groups in total. The van der Waals surface area contributed by atoms with Gasteiger partial charge in [-0.05, 0) is 6.04 Å². The van der Waals surface area contributed by atoms with Gasteiger partial charge in [0.25, 0.3) is 0 Å². The van der Waals surface area contributed by atoms with Crippen molar-refractivity contribution in [3.05, 3.63) is 23.8 Å². The number of aromatic nitrogens is 4. The molecule has 8 nitrogen and oxygen atoms in total. The van der Waals surface area contributed by atoms with Gasteiger partial charge in [-0.15, -0.1) is 11.8 Å². The Morgan fingerprint density at radius 3 is 2.88 bits per heavy atom. The first-order valence-electron chi connectivity index (χ1n) is 8.43. The Kier molecular flexibility index (Phi) is 5.63. The average Bonchev–Trinajstić information content (AvgIpc) is 3.01.